The van der Waals surface area contributed by atoms with Gasteiger partial charge in [-0.05, 0) is 13.3 Å². The van der Waals surface area contributed by atoms with E-state index in [9.17, 15) is 4.79 Å². The molecule has 1 amide bonds. The molecule has 106 valence electrons. The third-order valence-corrected chi connectivity index (χ3v) is 3.09. The van der Waals surface area contributed by atoms with Gasteiger partial charge in [0.25, 0.3) is 0 Å². The van der Waals surface area contributed by atoms with Crippen LogP contribution in [-0.4, -0.2) is 55.8 Å². The molecule has 0 aromatic rings. The number of carbonyl (C=O) groups excluding carboxylic acids is 1. The van der Waals surface area contributed by atoms with Crippen LogP contribution in [0.4, 0.5) is 0 Å². The maximum absolute atomic E-state index is 12.4. The normalized spacial score (nSPS) is 14.0. The van der Waals surface area contributed by atoms with E-state index in [1.54, 1.807) is 19.1 Å². The lowest BCUT2D eigenvalue weighted by molar-refractivity contribution is -0.137. The van der Waals surface area contributed by atoms with Gasteiger partial charge in [-0.3, -0.25) is 4.79 Å². The van der Waals surface area contributed by atoms with Gasteiger partial charge in [-0.1, -0.05) is 19.1 Å². The lowest BCUT2D eigenvalue weighted by atomic mass is 10.0. The Hall–Kier alpha value is -0.720. The summed E-state index contributed by atoms with van der Waals surface area (Å²) in [5.41, 5.74) is 5.61. The molecule has 2 atom stereocenters. The second-order valence-corrected chi connectivity index (χ2v) is 4.66. The molecule has 0 fully saturated rings. The number of nitrogens with zero attached hydrogens (tertiary/aromatic N) is 1. The highest BCUT2D eigenvalue weighted by Gasteiger charge is 2.28. The van der Waals surface area contributed by atoms with Crippen molar-refractivity contribution in [3.63, 3.8) is 0 Å². The molecule has 0 radical (unpaired) electrons. The Morgan fingerprint density at radius 2 is 2.00 bits per heavy atom. The summed E-state index contributed by atoms with van der Waals surface area (Å²) in [6, 6.07) is -0.0268. The van der Waals surface area contributed by atoms with Crippen LogP contribution in [0.1, 0.15) is 20.3 Å². The van der Waals surface area contributed by atoms with Crippen LogP contribution in [0.25, 0.3) is 0 Å². The van der Waals surface area contributed by atoms with E-state index in [0.29, 0.717) is 26.2 Å². The quantitative estimate of drug-likeness (QED) is 0.631. The van der Waals surface area contributed by atoms with Gasteiger partial charge in [0.1, 0.15) is 0 Å². The van der Waals surface area contributed by atoms with Gasteiger partial charge in [-0.25, -0.2) is 0 Å². The number of ether oxygens (including phenoxy) is 2. The Kier molecular flexibility index (Phi) is 8.87. The van der Waals surface area contributed by atoms with Gasteiger partial charge in [0.15, 0.2) is 0 Å². The zero-order valence-electron chi connectivity index (χ0n) is 11.6. The van der Waals surface area contributed by atoms with Gasteiger partial charge in [-0.2, -0.15) is 0 Å². The van der Waals surface area contributed by atoms with Gasteiger partial charge >= 0.3 is 0 Å². The molecular weight excluding hydrogens is 252 g/mol. The van der Waals surface area contributed by atoms with E-state index in [1.807, 2.05) is 13.8 Å². The van der Waals surface area contributed by atoms with Crippen molar-refractivity contribution in [3.8, 4) is 0 Å². The molecule has 0 heterocycles. The van der Waals surface area contributed by atoms with Crippen LogP contribution in [-0.2, 0) is 14.3 Å². The third-order valence-electron chi connectivity index (χ3n) is 2.81. The van der Waals surface area contributed by atoms with Crippen LogP contribution < -0.4 is 5.73 Å². The highest BCUT2D eigenvalue weighted by atomic mass is 32.1. The van der Waals surface area contributed by atoms with Crippen molar-refractivity contribution in [2.24, 2.45) is 11.7 Å². The van der Waals surface area contributed by atoms with E-state index in [4.69, 9.17) is 27.4 Å². The average Bonchev–Trinajstić information content (AvgIpc) is 2.30. The first-order chi connectivity index (χ1) is 8.49. The van der Waals surface area contributed by atoms with E-state index in [1.165, 1.54) is 0 Å². The summed E-state index contributed by atoms with van der Waals surface area (Å²) in [7, 11) is 3.22. The maximum Gasteiger partial charge on any atom is 0.232 e. The maximum atomic E-state index is 12.4. The number of methoxy groups -OCH3 is 2. The minimum Gasteiger partial charge on any atom is -0.393 e. The Labute approximate surface area is 115 Å². The van der Waals surface area contributed by atoms with Crippen molar-refractivity contribution in [1.29, 1.82) is 0 Å². The topological polar surface area (TPSA) is 64.8 Å². The van der Waals surface area contributed by atoms with Crippen molar-refractivity contribution in [3.05, 3.63) is 0 Å². The number of rotatable bonds is 9. The number of amides is 1. The number of nitrogens with two attached hydrogens (primary N) is 1. The molecule has 0 rings (SSSR count). The Bertz CT molecular complexity index is 274. The molecule has 0 aromatic carbocycles. The van der Waals surface area contributed by atoms with Gasteiger partial charge in [-0.15, -0.1) is 0 Å². The minimum atomic E-state index is -0.406. The predicted octanol–water partition coefficient (Wildman–Crippen LogP) is 0.809. The number of hydrogen-bond acceptors (Lipinski definition) is 4. The van der Waals surface area contributed by atoms with Crippen molar-refractivity contribution in [1.82, 2.24) is 4.90 Å². The van der Waals surface area contributed by atoms with Crippen LogP contribution in [0.5, 0.6) is 0 Å². The van der Waals surface area contributed by atoms with Crippen molar-refractivity contribution in [2.75, 3.05) is 34.0 Å². The molecule has 5 nitrogen and oxygen atoms in total. The SMILES string of the molecule is CCC(C(=O)N(CCOC)C(C)COC)C(N)=S. The summed E-state index contributed by atoms with van der Waals surface area (Å²) in [6.45, 7) is 5.30. The zero-order valence-corrected chi connectivity index (χ0v) is 12.5. The number of thiocarbonyl (C=S) groups is 1. The standard InChI is InChI=1S/C12H24N2O3S/c1-5-10(11(13)18)12(15)14(6-7-16-3)9(2)8-17-4/h9-10H,5-8H2,1-4H3,(H2,13,18). The monoisotopic (exact) mass is 276 g/mol. The lowest BCUT2D eigenvalue weighted by Gasteiger charge is -2.31. The van der Waals surface area contributed by atoms with Crippen molar-refractivity contribution < 1.29 is 14.3 Å². The molecule has 0 saturated heterocycles. The first kappa shape index (κ1) is 17.3. The Morgan fingerprint density at radius 1 is 1.39 bits per heavy atom. The molecule has 2 unspecified atom stereocenters. The molecule has 0 bridgehead atoms. The van der Waals surface area contributed by atoms with Gasteiger partial charge in [0.05, 0.1) is 30.2 Å². The average molecular weight is 276 g/mol. The van der Waals surface area contributed by atoms with Gasteiger partial charge < -0.3 is 20.1 Å². The molecule has 0 aliphatic heterocycles. The summed E-state index contributed by atoms with van der Waals surface area (Å²) in [5.74, 6) is -0.456. The first-order valence-corrected chi connectivity index (χ1v) is 6.48. The molecule has 0 spiro atoms. The van der Waals surface area contributed by atoms with E-state index in [2.05, 4.69) is 0 Å². The molecule has 0 aliphatic rings. The van der Waals surface area contributed by atoms with Gasteiger partial charge in [0, 0.05) is 20.8 Å². The van der Waals surface area contributed by atoms with Crippen LogP contribution >= 0.6 is 12.2 Å². The van der Waals surface area contributed by atoms with E-state index < -0.39 is 5.92 Å². The van der Waals surface area contributed by atoms with E-state index in [-0.39, 0.29) is 16.9 Å². The van der Waals surface area contributed by atoms with Crippen LogP contribution in [0, 0.1) is 5.92 Å². The summed E-state index contributed by atoms with van der Waals surface area (Å²) < 4.78 is 10.1. The molecular formula is C12H24N2O3S. The van der Waals surface area contributed by atoms with Crippen LogP contribution in [0.3, 0.4) is 0 Å². The summed E-state index contributed by atoms with van der Waals surface area (Å²) in [5, 5.41) is 0. The molecule has 0 saturated carbocycles. The van der Waals surface area contributed by atoms with E-state index >= 15 is 0 Å². The number of carbonyl (C=O) groups is 1. The Balaban J connectivity index is 4.81. The van der Waals surface area contributed by atoms with E-state index in [0.717, 1.165) is 0 Å². The highest BCUT2D eigenvalue weighted by molar-refractivity contribution is 7.80. The van der Waals surface area contributed by atoms with Crippen LogP contribution in [0.2, 0.25) is 0 Å². The van der Waals surface area contributed by atoms with Gasteiger partial charge in [0.2, 0.25) is 5.91 Å². The lowest BCUT2D eigenvalue weighted by Crippen LogP contribution is -2.48. The fourth-order valence-corrected chi connectivity index (χ4v) is 2.03. The third kappa shape index (κ3) is 5.29. The minimum absolute atomic E-state index is 0.0268. The van der Waals surface area contributed by atoms with Crippen LogP contribution in [0.15, 0.2) is 0 Å². The van der Waals surface area contributed by atoms with Crippen molar-refractivity contribution in [2.45, 2.75) is 26.3 Å². The molecule has 0 aromatic heterocycles. The largest absolute Gasteiger partial charge is 0.393 e. The molecule has 0 aliphatic carbocycles. The molecule has 18 heavy (non-hydrogen) atoms. The zero-order chi connectivity index (χ0) is 14.1. The summed E-state index contributed by atoms with van der Waals surface area (Å²) in [6.07, 6.45) is 0.608. The second-order valence-electron chi connectivity index (χ2n) is 4.19. The Morgan fingerprint density at radius 3 is 2.39 bits per heavy atom. The molecule has 2 N–H and O–H groups in total. The summed E-state index contributed by atoms with van der Waals surface area (Å²) in [4.78, 5) is 14.4. The summed E-state index contributed by atoms with van der Waals surface area (Å²) >= 11 is 4.94. The van der Waals surface area contributed by atoms with Crippen molar-refractivity contribution >= 4 is 23.1 Å². The molecule has 6 heteroatoms. The predicted molar refractivity (Wildman–Crippen MR) is 75.5 cm³/mol. The first-order valence-electron chi connectivity index (χ1n) is 6.07. The second kappa shape index (κ2) is 9.24. The smallest absolute Gasteiger partial charge is 0.232 e. The fraction of sp³-hybridized carbons (Fsp3) is 0.833. The highest BCUT2D eigenvalue weighted by Crippen LogP contribution is 2.12. The number of hydrogen-bond donors (Lipinski definition) is 1. The fourth-order valence-electron chi connectivity index (χ4n) is 1.77.